The molecular formula is C14H24N4O. The molecule has 1 aliphatic rings. The van der Waals surface area contributed by atoms with Crippen LogP contribution in [0.25, 0.3) is 0 Å². The van der Waals surface area contributed by atoms with E-state index in [0.717, 1.165) is 25.3 Å². The fourth-order valence-corrected chi connectivity index (χ4v) is 2.66. The number of aromatic nitrogens is 1. The number of nitrogens with zero attached hydrogens (tertiary/aromatic N) is 3. The van der Waals surface area contributed by atoms with Gasteiger partial charge in [-0.1, -0.05) is 6.07 Å². The second kappa shape index (κ2) is 6.32. The maximum Gasteiger partial charge on any atom is 0.128 e. The van der Waals surface area contributed by atoms with Gasteiger partial charge in [-0.3, -0.25) is 0 Å². The van der Waals surface area contributed by atoms with Crippen molar-refractivity contribution in [3.05, 3.63) is 23.9 Å². The Morgan fingerprint density at radius 3 is 2.84 bits per heavy atom. The van der Waals surface area contributed by atoms with Crippen LogP contribution in [0, 0.1) is 0 Å². The van der Waals surface area contributed by atoms with E-state index in [1.807, 2.05) is 19.3 Å². The third kappa shape index (κ3) is 3.65. The molecule has 2 atom stereocenters. The molecule has 1 saturated heterocycles. The van der Waals surface area contributed by atoms with E-state index in [1.54, 1.807) is 0 Å². The van der Waals surface area contributed by atoms with Crippen LogP contribution in [-0.4, -0.2) is 61.4 Å². The van der Waals surface area contributed by atoms with Crippen LogP contribution in [-0.2, 0) is 6.54 Å². The van der Waals surface area contributed by atoms with E-state index < -0.39 is 0 Å². The zero-order valence-electron chi connectivity index (χ0n) is 12.0. The Morgan fingerprint density at radius 2 is 2.26 bits per heavy atom. The lowest BCUT2D eigenvalue weighted by Gasteiger charge is -2.27. The molecule has 0 amide bonds. The van der Waals surface area contributed by atoms with E-state index in [0.29, 0.717) is 12.6 Å². The van der Waals surface area contributed by atoms with Crippen molar-refractivity contribution in [2.24, 2.45) is 0 Å². The van der Waals surface area contributed by atoms with Gasteiger partial charge >= 0.3 is 0 Å². The second-order valence-electron chi connectivity index (χ2n) is 5.51. The summed E-state index contributed by atoms with van der Waals surface area (Å²) in [5.41, 5.74) is 1.18. The SMILES string of the molecule is CNCc1ccc(N2CC(O)CC2CN(C)C)nc1. The van der Waals surface area contributed by atoms with E-state index in [-0.39, 0.29) is 6.10 Å². The van der Waals surface area contributed by atoms with Gasteiger partial charge in [0.05, 0.1) is 6.10 Å². The molecule has 1 aromatic rings. The van der Waals surface area contributed by atoms with E-state index in [4.69, 9.17) is 0 Å². The smallest absolute Gasteiger partial charge is 0.128 e. The average Bonchev–Trinajstić information content (AvgIpc) is 2.71. The molecule has 0 radical (unpaired) electrons. The minimum Gasteiger partial charge on any atom is -0.391 e. The Labute approximate surface area is 115 Å². The summed E-state index contributed by atoms with van der Waals surface area (Å²) >= 11 is 0. The summed E-state index contributed by atoms with van der Waals surface area (Å²) in [4.78, 5) is 8.90. The minimum absolute atomic E-state index is 0.247. The molecule has 2 unspecified atom stereocenters. The first-order valence-corrected chi connectivity index (χ1v) is 6.79. The first kappa shape index (κ1) is 14.2. The zero-order chi connectivity index (χ0) is 13.8. The van der Waals surface area contributed by atoms with Crippen molar-refractivity contribution >= 4 is 5.82 Å². The number of likely N-dealkylation sites (N-methyl/N-ethyl adjacent to an activating group) is 1. The second-order valence-corrected chi connectivity index (χ2v) is 5.51. The summed E-state index contributed by atoms with van der Waals surface area (Å²) in [7, 11) is 6.05. The van der Waals surface area contributed by atoms with Gasteiger partial charge in [-0.05, 0) is 39.2 Å². The summed E-state index contributed by atoms with van der Waals surface area (Å²) < 4.78 is 0. The van der Waals surface area contributed by atoms with Gasteiger partial charge in [-0.15, -0.1) is 0 Å². The van der Waals surface area contributed by atoms with Crippen molar-refractivity contribution in [3.8, 4) is 0 Å². The van der Waals surface area contributed by atoms with Crippen LogP contribution in [0.1, 0.15) is 12.0 Å². The molecule has 2 N–H and O–H groups in total. The zero-order valence-corrected chi connectivity index (χ0v) is 12.0. The molecule has 5 nitrogen and oxygen atoms in total. The Kier molecular flexibility index (Phi) is 4.74. The molecule has 106 valence electrons. The molecule has 2 rings (SSSR count). The van der Waals surface area contributed by atoms with Gasteiger partial charge in [0.1, 0.15) is 5.82 Å². The number of aliphatic hydroxyl groups excluding tert-OH is 1. The lowest BCUT2D eigenvalue weighted by atomic mass is 10.2. The largest absolute Gasteiger partial charge is 0.391 e. The predicted molar refractivity (Wildman–Crippen MR) is 77.3 cm³/mol. The normalized spacial score (nSPS) is 23.3. The standard InChI is InChI=1S/C14H24N4O/c1-15-7-11-4-5-14(16-8-11)18-10-13(19)6-12(18)9-17(2)3/h4-5,8,12-13,15,19H,6-7,9-10H2,1-3H3. The maximum atomic E-state index is 9.89. The number of nitrogens with one attached hydrogen (secondary N) is 1. The van der Waals surface area contributed by atoms with E-state index >= 15 is 0 Å². The first-order chi connectivity index (χ1) is 9.10. The number of rotatable bonds is 5. The van der Waals surface area contributed by atoms with Gasteiger partial charge < -0.3 is 20.2 Å². The highest BCUT2D eigenvalue weighted by molar-refractivity contribution is 5.42. The fourth-order valence-electron chi connectivity index (χ4n) is 2.66. The number of pyridine rings is 1. The van der Waals surface area contributed by atoms with Crippen LogP contribution in [0.4, 0.5) is 5.82 Å². The molecule has 0 aromatic carbocycles. The lowest BCUT2D eigenvalue weighted by molar-refractivity contribution is 0.191. The van der Waals surface area contributed by atoms with Gasteiger partial charge in [-0.25, -0.2) is 4.98 Å². The first-order valence-electron chi connectivity index (χ1n) is 6.79. The Bertz CT molecular complexity index is 393. The summed E-state index contributed by atoms with van der Waals surface area (Å²) in [6.45, 7) is 2.45. The predicted octanol–water partition coefficient (Wildman–Crippen LogP) is 0.302. The van der Waals surface area contributed by atoms with E-state index in [9.17, 15) is 5.11 Å². The molecule has 0 bridgehead atoms. The number of anilines is 1. The highest BCUT2D eigenvalue weighted by Gasteiger charge is 2.31. The van der Waals surface area contributed by atoms with Crippen LogP contribution in [0.3, 0.4) is 0 Å². The lowest BCUT2D eigenvalue weighted by Crippen LogP contribution is -2.38. The molecule has 0 spiro atoms. The monoisotopic (exact) mass is 264 g/mol. The summed E-state index contributed by atoms with van der Waals surface area (Å²) in [6, 6.07) is 4.48. The third-order valence-electron chi connectivity index (χ3n) is 3.45. The van der Waals surface area contributed by atoms with Gasteiger partial charge in [0.25, 0.3) is 0 Å². The van der Waals surface area contributed by atoms with Crippen LogP contribution in [0.5, 0.6) is 0 Å². The molecule has 0 aliphatic carbocycles. The van der Waals surface area contributed by atoms with Gasteiger partial charge in [0.15, 0.2) is 0 Å². The molecule has 1 aromatic heterocycles. The van der Waals surface area contributed by atoms with Crippen LogP contribution >= 0.6 is 0 Å². The van der Waals surface area contributed by atoms with Gasteiger partial charge in [-0.2, -0.15) is 0 Å². The fraction of sp³-hybridized carbons (Fsp3) is 0.643. The molecular weight excluding hydrogens is 240 g/mol. The Hall–Kier alpha value is -1.17. The topological polar surface area (TPSA) is 51.6 Å². The van der Waals surface area contributed by atoms with Crippen LogP contribution in [0.15, 0.2) is 18.3 Å². The Morgan fingerprint density at radius 1 is 1.47 bits per heavy atom. The van der Waals surface area contributed by atoms with Crippen LogP contribution in [0.2, 0.25) is 0 Å². The third-order valence-corrected chi connectivity index (χ3v) is 3.45. The van der Waals surface area contributed by atoms with Crippen molar-refractivity contribution in [2.45, 2.75) is 25.1 Å². The van der Waals surface area contributed by atoms with Crippen LogP contribution < -0.4 is 10.2 Å². The summed E-state index contributed by atoms with van der Waals surface area (Å²) in [6.07, 6.45) is 2.48. The number of hydrogen-bond donors (Lipinski definition) is 2. The highest BCUT2D eigenvalue weighted by Crippen LogP contribution is 2.24. The molecule has 2 heterocycles. The number of hydrogen-bond acceptors (Lipinski definition) is 5. The quantitative estimate of drug-likeness (QED) is 0.801. The van der Waals surface area contributed by atoms with Gasteiger partial charge in [0.2, 0.25) is 0 Å². The summed E-state index contributed by atoms with van der Waals surface area (Å²) in [5, 5.41) is 13.0. The molecule has 19 heavy (non-hydrogen) atoms. The summed E-state index contributed by atoms with van der Waals surface area (Å²) in [5.74, 6) is 0.961. The van der Waals surface area contributed by atoms with E-state index in [2.05, 4.69) is 40.3 Å². The van der Waals surface area contributed by atoms with Crippen molar-refractivity contribution in [3.63, 3.8) is 0 Å². The minimum atomic E-state index is -0.247. The van der Waals surface area contributed by atoms with E-state index in [1.165, 1.54) is 5.56 Å². The molecule has 0 saturated carbocycles. The Balaban J connectivity index is 2.09. The molecule has 1 fully saturated rings. The number of aliphatic hydroxyl groups is 1. The average molecular weight is 264 g/mol. The molecule has 1 aliphatic heterocycles. The van der Waals surface area contributed by atoms with Crippen molar-refractivity contribution in [2.75, 3.05) is 39.1 Å². The number of β-amino-alcohol motifs (C(OH)–C–C–N with tert-alkyl or cyclic N) is 1. The van der Waals surface area contributed by atoms with Gasteiger partial charge in [0, 0.05) is 31.9 Å². The highest BCUT2D eigenvalue weighted by atomic mass is 16.3. The maximum absolute atomic E-state index is 9.89. The van der Waals surface area contributed by atoms with Crippen molar-refractivity contribution in [1.82, 2.24) is 15.2 Å². The van der Waals surface area contributed by atoms with Crippen molar-refractivity contribution < 1.29 is 5.11 Å². The van der Waals surface area contributed by atoms with Crippen molar-refractivity contribution in [1.29, 1.82) is 0 Å². The molecule has 5 heteroatoms.